The molecule has 1 unspecified atom stereocenters. The molecule has 3 rings (SSSR count). The minimum atomic E-state index is -0.476. The van der Waals surface area contributed by atoms with Gasteiger partial charge in [-0.1, -0.05) is 18.5 Å². The van der Waals surface area contributed by atoms with E-state index in [0.717, 1.165) is 10.9 Å². The Labute approximate surface area is 132 Å². The summed E-state index contributed by atoms with van der Waals surface area (Å²) in [6.45, 7) is 1.96. The van der Waals surface area contributed by atoms with Gasteiger partial charge in [0.15, 0.2) is 0 Å². The number of hydrogen-bond acceptors (Lipinski definition) is 5. The van der Waals surface area contributed by atoms with Gasteiger partial charge in [0, 0.05) is 23.3 Å². The Morgan fingerprint density at radius 2 is 2.18 bits per heavy atom. The highest BCUT2D eigenvalue weighted by molar-refractivity contribution is 6.31. The molecule has 1 aromatic heterocycles. The summed E-state index contributed by atoms with van der Waals surface area (Å²) in [5.74, 6) is 0.698. The van der Waals surface area contributed by atoms with Crippen LogP contribution >= 0.6 is 11.6 Å². The lowest BCUT2D eigenvalue weighted by Crippen LogP contribution is -2.47. The first-order chi connectivity index (χ1) is 10.6. The lowest BCUT2D eigenvalue weighted by molar-refractivity contribution is -0.133. The van der Waals surface area contributed by atoms with E-state index in [0.29, 0.717) is 35.9 Å². The molecule has 1 saturated heterocycles. The van der Waals surface area contributed by atoms with Gasteiger partial charge in [0.1, 0.15) is 17.7 Å². The van der Waals surface area contributed by atoms with Gasteiger partial charge < -0.3 is 5.32 Å². The molecule has 1 aliphatic rings. The predicted octanol–water partition coefficient (Wildman–Crippen LogP) is 2.06. The topological polar surface area (TPSA) is 84.0 Å². The van der Waals surface area contributed by atoms with E-state index >= 15 is 0 Å². The first kappa shape index (κ1) is 14.7. The number of halogens is 1. The van der Waals surface area contributed by atoms with Crippen molar-refractivity contribution in [1.29, 1.82) is 0 Å². The predicted molar refractivity (Wildman–Crippen MR) is 83.7 cm³/mol. The zero-order valence-electron chi connectivity index (χ0n) is 12.0. The molecule has 1 aliphatic heterocycles. The molecule has 6 nitrogen and oxygen atoms in total. The SMILES string of the molecule is CCc1nc(NC2CCC(=O)NC2=O)c2ccc(Cl)cc2n1. The van der Waals surface area contributed by atoms with E-state index in [1.165, 1.54) is 0 Å². The number of rotatable bonds is 3. The van der Waals surface area contributed by atoms with Gasteiger partial charge >= 0.3 is 0 Å². The van der Waals surface area contributed by atoms with Crippen LogP contribution in [0, 0.1) is 0 Å². The zero-order valence-corrected chi connectivity index (χ0v) is 12.8. The van der Waals surface area contributed by atoms with Gasteiger partial charge in [-0.25, -0.2) is 9.97 Å². The van der Waals surface area contributed by atoms with E-state index in [2.05, 4.69) is 20.6 Å². The molecule has 0 aliphatic carbocycles. The van der Waals surface area contributed by atoms with Crippen molar-refractivity contribution in [3.05, 3.63) is 29.0 Å². The van der Waals surface area contributed by atoms with Gasteiger partial charge in [0.2, 0.25) is 11.8 Å². The summed E-state index contributed by atoms with van der Waals surface area (Å²) in [5, 5.41) is 6.86. The standard InChI is InChI=1S/C15H15ClN4O2/c1-2-12-17-11-7-8(16)3-4-9(11)14(19-12)18-10-5-6-13(21)20-15(10)22/h3-4,7,10H,2,5-6H2,1H3,(H,17,18,19)(H,20,21,22). The third kappa shape index (κ3) is 2.87. The van der Waals surface area contributed by atoms with Crippen molar-refractivity contribution in [2.75, 3.05) is 5.32 Å². The fourth-order valence-corrected chi connectivity index (χ4v) is 2.58. The molecule has 1 fully saturated rings. The van der Waals surface area contributed by atoms with Crippen LogP contribution in [-0.2, 0) is 16.0 Å². The fraction of sp³-hybridized carbons (Fsp3) is 0.333. The number of nitrogens with zero attached hydrogens (tertiary/aromatic N) is 2. The van der Waals surface area contributed by atoms with Crippen LogP contribution < -0.4 is 10.6 Å². The molecule has 2 heterocycles. The summed E-state index contributed by atoms with van der Waals surface area (Å²) >= 11 is 6.02. The molecule has 1 aromatic carbocycles. The first-order valence-corrected chi connectivity index (χ1v) is 7.51. The lowest BCUT2D eigenvalue weighted by atomic mass is 10.1. The van der Waals surface area contributed by atoms with Gasteiger partial charge in [0.25, 0.3) is 0 Å². The molecule has 1 atom stereocenters. The highest BCUT2D eigenvalue weighted by Crippen LogP contribution is 2.25. The number of fused-ring (bicyclic) bond motifs is 1. The molecule has 0 saturated carbocycles. The minimum Gasteiger partial charge on any atom is -0.358 e. The largest absolute Gasteiger partial charge is 0.358 e. The molecule has 0 spiro atoms. The molecule has 7 heteroatoms. The van der Waals surface area contributed by atoms with Crippen LogP contribution in [0.25, 0.3) is 10.9 Å². The molecule has 2 amide bonds. The Kier molecular flexibility index (Phi) is 3.94. The summed E-state index contributed by atoms with van der Waals surface area (Å²) in [6.07, 6.45) is 1.44. The van der Waals surface area contributed by atoms with E-state index in [-0.39, 0.29) is 11.8 Å². The maximum absolute atomic E-state index is 11.9. The van der Waals surface area contributed by atoms with Crippen molar-refractivity contribution < 1.29 is 9.59 Å². The zero-order chi connectivity index (χ0) is 15.7. The number of aromatic nitrogens is 2. The number of amides is 2. The molecular formula is C15H15ClN4O2. The van der Waals surface area contributed by atoms with Crippen molar-refractivity contribution in [2.45, 2.75) is 32.2 Å². The highest BCUT2D eigenvalue weighted by Gasteiger charge is 2.27. The summed E-state index contributed by atoms with van der Waals surface area (Å²) in [5.41, 5.74) is 0.731. The molecule has 0 radical (unpaired) electrons. The number of hydrogen-bond donors (Lipinski definition) is 2. The van der Waals surface area contributed by atoms with Crippen LogP contribution in [0.3, 0.4) is 0 Å². The van der Waals surface area contributed by atoms with E-state index in [1.54, 1.807) is 12.1 Å². The van der Waals surface area contributed by atoms with E-state index in [4.69, 9.17) is 11.6 Å². The van der Waals surface area contributed by atoms with Gasteiger partial charge in [-0.3, -0.25) is 14.9 Å². The number of piperidine rings is 1. The maximum Gasteiger partial charge on any atom is 0.249 e. The average molecular weight is 319 g/mol. The van der Waals surface area contributed by atoms with Crippen LogP contribution in [-0.4, -0.2) is 27.8 Å². The van der Waals surface area contributed by atoms with E-state index < -0.39 is 6.04 Å². The highest BCUT2D eigenvalue weighted by atomic mass is 35.5. The smallest absolute Gasteiger partial charge is 0.249 e. The van der Waals surface area contributed by atoms with Crippen molar-refractivity contribution >= 4 is 40.1 Å². The number of nitrogens with one attached hydrogen (secondary N) is 2. The molecule has 2 aromatic rings. The second-order valence-electron chi connectivity index (χ2n) is 5.15. The lowest BCUT2D eigenvalue weighted by Gasteiger charge is -2.23. The van der Waals surface area contributed by atoms with Crippen molar-refractivity contribution in [3.63, 3.8) is 0 Å². The molecule has 22 heavy (non-hydrogen) atoms. The van der Waals surface area contributed by atoms with Crippen LogP contribution in [0.15, 0.2) is 18.2 Å². The molecule has 114 valence electrons. The van der Waals surface area contributed by atoms with Crippen LogP contribution in [0.1, 0.15) is 25.6 Å². The summed E-state index contributed by atoms with van der Waals surface area (Å²) in [4.78, 5) is 32.0. The molecular weight excluding hydrogens is 304 g/mol. The van der Waals surface area contributed by atoms with E-state index in [1.807, 2.05) is 13.0 Å². The third-order valence-electron chi connectivity index (χ3n) is 3.57. The number of aryl methyl sites for hydroxylation is 1. The molecule has 0 bridgehead atoms. The number of imide groups is 1. The van der Waals surface area contributed by atoms with Crippen molar-refractivity contribution in [1.82, 2.24) is 15.3 Å². The van der Waals surface area contributed by atoms with E-state index in [9.17, 15) is 9.59 Å². The van der Waals surface area contributed by atoms with Crippen LogP contribution in [0.4, 0.5) is 5.82 Å². The second-order valence-corrected chi connectivity index (χ2v) is 5.59. The van der Waals surface area contributed by atoms with Gasteiger partial charge in [0.05, 0.1) is 5.52 Å². The first-order valence-electron chi connectivity index (χ1n) is 7.13. The maximum atomic E-state index is 11.9. The monoisotopic (exact) mass is 318 g/mol. The Morgan fingerprint density at radius 3 is 2.91 bits per heavy atom. The second kappa shape index (κ2) is 5.88. The summed E-state index contributed by atoms with van der Waals surface area (Å²) in [6, 6.07) is 4.88. The Morgan fingerprint density at radius 1 is 1.36 bits per heavy atom. The van der Waals surface area contributed by atoms with Gasteiger partial charge in [-0.05, 0) is 24.6 Å². The van der Waals surface area contributed by atoms with Crippen molar-refractivity contribution in [3.8, 4) is 0 Å². The average Bonchev–Trinajstić information content (AvgIpc) is 2.49. The Balaban J connectivity index is 1.98. The fourth-order valence-electron chi connectivity index (χ4n) is 2.42. The van der Waals surface area contributed by atoms with Gasteiger partial charge in [-0.15, -0.1) is 0 Å². The minimum absolute atomic E-state index is 0.239. The Bertz CT molecular complexity index is 763. The number of anilines is 1. The van der Waals surface area contributed by atoms with Crippen LogP contribution in [0.5, 0.6) is 0 Å². The summed E-state index contributed by atoms with van der Waals surface area (Å²) < 4.78 is 0. The number of benzene rings is 1. The quantitative estimate of drug-likeness (QED) is 0.846. The molecule has 2 N–H and O–H groups in total. The summed E-state index contributed by atoms with van der Waals surface area (Å²) in [7, 11) is 0. The number of carbonyl (C=O) groups excluding carboxylic acids is 2. The Hall–Kier alpha value is -2.21. The van der Waals surface area contributed by atoms with Crippen molar-refractivity contribution in [2.24, 2.45) is 0 Å². The van der Waals surface area contributed by atoms with Crippen LogP contribution in [0.2, 0.25) is 5.02 Å². The normalized spacial score (nSPS) is 18.4. The third-order valence-corrected chi connectivity index (χ3v) is 3.81. The van der Waals surface area contributed by atoms with Gasteiger partial charge in [-0.2, -0.15) is 0 Å². The number of carbonyl (C=O) groups is 2.